The summed E-state index contributed by atoms with van der Waals surface area (Å²) in [6.07, 6.45) is 0. The molecular weight excluding hydrogens is 717 g/mol. The highest BCUT2D eigenvalue weighted by atomic mass is 32.2. The van der Waals surface area contributed by atoms with Crippen molar-refractivity contribution >= 4 is 82.4 Å². The molecule has 52 heavy (non-hydrogen) atoms. The Balaban J connectivity index is 1.16. The Hall–Kier alpha value is -6.53. The number of benzene rings is 6. The molecule has 264 valence electrons. The molecule has 0 aliphatic carbocycles. The lowest BCUT2D eigenvalue weighted by Crippen LogP contribution is -2.20. The minimum Gasteiger partial charge on any atom is -0.507 e. The quantitative estimate of drug-likeness (QED) is 0.0834. The van der Waals surface area contributed by atoms with Gasteiger partial charge in [-0.3, -0.25) is 18.7 Å². The Bertz CT molecular complexity index is 2500. The van der Waals surface area contributed by atoms with Crippen molar-refractivity contribution in [1.82, 2.24) is 0 Å². The normalized spacial score (nSPS) is 11.6. The molecule has 0 saturated heterocycles. The molecule has 0 spiro atoms. The second-order valence-electron chi connectivity index (χ2n) is 11.2. The van der Waals surface area contributed by atoms with E-state index < -0.39 is 47.9 Å². The van der Waals surface area contributed by atoms with Gasteiger partial charge in [0.05, 0.1) is 11.4 Å². The Morgan fingerprint density at radius 1 is 0.481 bits per heavy atom. The first-order valence-corrected chi connectivity index (χ1v) is 17.8. The first-order chi connectivity index (χ1) is 24.6. The Labute approximate surface area is 295 Å². The highest BCUT2D eigenvalue weighted by Gasteiger charge is 2.21. The lowest BCUT2D eigenvalue weighted by atomic mass is 10.1. The molecule has 0 bridgehead atoms. The number of nitrogens with one attached hydrogen (secondary N) is 4. The monoisotopic (exact) mass is 742 g/mol. The van der Waals surface area contributed by atoms with Gasteiger partial charge in [0.15, 0.2) is 0 Å². The van der Waals surface area contributed by atoms with Crippen LogP contribution < -0.4 is 21.3 Å². The van der Waals surface area contributed by atoms with E-state index in [0.29, 0.717) is 0 Å². The molecule has 0 aromatic heterocycles. The highest BCUT2D eigenvalue weighted by molar-refractivity contribution is 7.86. The first-order valence-electron chi connectivity index (χ1n) is 15.0. The maximum Gasteiger partial charge on any atom is 0.323 e. The molecule has 0 heterocycles. The number of aromatic hydroxyl groups is 2. The van der Waals surface area contributed by atoms with E-state index in [9.17, 15) is 50.5 Å². The lowest BCUT2D eigenvalue weighted by molar-refractivity contribution is 0.101. The molecule has 15 nitrogen and oxygen atoms in total. The van der Waals surface area contributed by atoms with Crippen molar-refractivity contribution in [2.75, 3.05) is 21.3 Å². The van der Waals surface area contributed by atoms with E-state index >= 15 is 0 Å². The minimum atomic E-state index is -4.64. The maximum absolute atomic E-state index is 13.2. The summed E-state index contributed by atoms with van der Waals surface area (Å²) in [5, 5.41) is 31.2. The molecule has 0 aliphatic rings. The van der Waals surface area contributed by atoms with Gasteiger partial charge in [-0.05, 0) is 72.8 Å². The molecule has 0 unspecified atom stereocenters. The molecule has 6 aromatic carbocycles. The smallest absolute Gasteiger partial charge is 0.323 e. The van der Waals surface area contributed by atoms with Gasteiger partial charge in [0.2, 0.25) is 0 Å². The van der Waals surface area contributed by atoms with Gasteiger partial charge >= 0.3 is 6.03 Å². The number of urea groups is 1. The van der Waals surface area contributed by atoms with Crippen molar-refractivity contribution in [3.63, 3.8) is 0 Å². The largest absolute Gasteiger partial charge is 0.507 e. The Kier molecular flexibility index (Phi) is 9.26. The minimum absolute atomic E-state index is 0.0166. The van der Waals surface area contributed by atoms with Gasteiger partial charge in [0.1, 0.15) is 21.3 Å². The molecule has 0 aliphatic heterocycles. The second kappa shape index (κ2) is 13.6. The van der Waals surface area contributed by atoms with Crippen molar-refractivity contribution < 1.29 is 50.5 Å². The summed E-state index contributed by atoms with van der Waals surface area (Å²) in [5.41, 5.74) is 0.697. The van der Waals surface area contributed by atoms with Crippen LogP contribution in [0.1, 0.15) is 20.7 Å². The fourth-order valence-electron chi connectivity index (χ4n) is 5.54. The summed E-state index contributed by atoms with van der Waals surface area (Å²) in [7, 11) is -9.28. The van der Waals surface area contributed by atoms with Crippen molar-refractivity contribution in [1.29, 1.82) is 0 Å². The number of rotatable bonds is 8. The van der Waals surface area contributed by atoms with Crippen LogP contribution in [0.2, 0.25) is 0 Å². The van der Waals surface area contributed by atoms with Gasteiger partial charge in [-0.15, -0.1) is 0 Å². The van der Waals surface area contributed by atoms with Gasteiger partial charge in [-0.25, -0.2) is 4.79 Å². The van der Waals surface area contributed by atoms with Crippen LogP contribution in [0.25, 0.3) is 21.5 Å². The number of fused-ring (bicyclic) bond motifs is 2. The molecule has 6 aromatic rings. The van der Waals surface area contributed by atoms with Crippen LogP contribution in [0.3, 0.4) is 0 Å². The third-order valence-electron chi connectivity index (χ3n) is 7.77. The third-order valence-corrected chi connectivity index (χ3v) is 9.60. The summed E-state index contributed by atoms with van der Waals surface area (Å²) >= 11 is 0. The molecule has 4 amide bonds. The maximum atomic E-state index is 13.2. The Morgan fingerprint density at radius 3 is 1.25 bits per heavy atom. The number of carbonyl (C=O) groups excluding carboxylic acids is 3. The predicted molar refractivity (Wildman–Crippen MR) is 192 cm³/mol. The first kappa shape index (κ1) is 35.3. The molecule has 8 N–H and O–H groups in total. The van der Waals surface area contributed by atoms with Crippen LogP contribution >= 0.6 is 0 Å². The number of anilines is 4. The van der Waals surface area contributed by atoms with Crippen LogP contribution in [0, 0.1) is 0 Å². The van der Waals surface area contributed by atoms with E-state index in [-0.39, 0.29) is 66.9 Å². The van der Waals surface area contributed by atoms with Crippen LogP contribution in [-0.4, -0.2) is 54.0 Å². The number of phenolic OH excluding ortho intramolecular Hbond substituents is 2. The number of hydrogen-bond donors (Lipinski definition) is 8. The van der Waals surface area contributed by atoms with Crippen molar-refractivity contribution in [3.05, 3.63) is 120 Å². The summed E-state index contributed by atoms with van der Waals surface area (Å²) in [5.74, 6) is -2.01. The van der Waals surface area contributed by atoms with Crippen molar-refractivity contribution in [2.45, 2.75) is 9.79 Å². The van der Waals surface area contributed by atoms with E-state index in [1.807, 2.05) is 0 Å². The van der Waals surface area contributed by atoms with Crippen LogP contribution in [-0.2, 0) is 20.2 Å². The van der Waals surface area contributed by atoms with E-state index in [1.54, 1.807) is 0 Å². The van der Waals surface area contributed by atoms with Gasteiger partial charge in [-0.1, -0.05) is 36.4 Å². The average Bonchev–Trinajstić information content (AvgIpc) is 3.07. The average molecular weight is 743 g/mol. The molecule has 0 atom stereocenters. The summed E-state index contributed by atoms with van der Waals surface area (Å²) < 4.78 is 66.6. The zero-order valence-corrected chi connectivity index (χ0v) is 28.0. The molecule has 0 saturated carbocycles. The van der Waals surface area contributed by atoms with E-state index in [2.05, 4.69) is 21.3 Å². The van der Waals surface area contributed by atoms with E-state index in [1.165, 1.54) is 97.1 Å². The molecule has 6 rings (SSSR count). The lowest BCUT2D eigenvalue weighted by Gasteiger charge is -2.14. The van der Waals surface area contributed by atoms with Crippen LogP contribution in [0.4, 0.5) is 27.5 Å². The topological polar surface area (TPSA) is 249 Å². The van der Waals surface area contributed by atoms with Crippen molar-refractivity contribution in [2.24, 2.45) is 0 Å². The second-order valence-corrected chi connectivity index (χ2v) is 14.0. The third kappa shape index (κ3) is 7.32. The fraction of sp³-hybridized carbons (Fsp3) is 0. The molecule has 0 radical (unpaired) electrons. The SMILES string of the molecule is O=C(Nc1cccc(C(=O)Nc2ccc(S(=O)(=O)O)c3cccc(O)c23)c1)Nc1cccc(C(=O)Nc2ccc(S(=O)(=O)O)c3cccc(O)c23)c1. The molecule has 17 heteroatoms. The molecular formula is C35H26N4O11S2. The number of carbonyl (C=O) groups is 3. The predicted octanol–water partition coefficient (Wildman–Crippen LogP) is 6.05. The highest BCUT2D eigenvalue weighted by Crippen LogP contribution is 2.37. The van der Waals surface area contributed by atoms with Gasteiger partial charge in [0.25, 0.3) is 32.1 Å². The summed E-state index contributed by atoms with van der Waals surface area (Å²) in [4.78, 5) is 38.4. The molecule has 0 fully saturated rings. The number of hydrogen-bond acceptors (Lipinski definition) is 9. The van der Waals surface area contributed by atoms with Crippen LogP contribution in [0.5, 0.6) is 11.5 Å². The van der Waals surface area contributed by atoms with Crippen molar-refractivity contribution in [3.8, 4) is 11.5 Å². The van der Waals surface area contributed by atoms with Gasteiger partial charge < -0.3 is 31.5 Å². The Morgan fingerprint density at radius 2 is 0.865 bits per heavy atom. The summed E-state index contributed by atoms with van der Waals surface area (Å²) in [6, 6.07) is 23.6. The van der Waals surface area contributed by atoms with Crippen LogP contribution in [0.15, 0.2) is 119 Å². The fourth-order valence-corrected chi connectivity index (χ4v) is 6.91. The van der Waals surface area contributed by atoms with E-state index in [4.69, 9.17) is 0 Å². The number of phenols is 2. The van der Waals surface area contributed by atoms with Gasteiger partial charge in [0, 0.05) is 44.0 Å². The number of amides is 4. The zero-order chi connectivity index (χ0) is 37.4. The zero-order valence-electron chi connectivity index (χ0n) is 26.4. The summed E-state index contributed by atoms with van der Waals surface area (Å²) in [6.45, 7) is 0. The standard InChI is InChI=1S/C35H26N4O11S2/c40-27-11-3-9-23-29(51(45,46)47)15-13-25(31(23)27)38-33(42)19-5-1-7-21(17-19)36-35(44)37-22-8-2-6-20(18-22)34(43)39-26-14-16-30(52(48,49)50)24-10-4-12-28(41)32(24)26/h1-18,40-41H,(H,38,42)(H,39,43)(H2,36,37,44)(H,45,46,47)(H,48,49,50). The van der Waals surface area contributed by atoms with E-state index in [0.717, 1.165) is 12.1 Å². The van der Waals surface area contributed by atoms with Gasteiger partial charge in [-0.2, -0.15) is 16.8 Å².